The second-order valence-corrected chi connectivity index (χ2v) is 13.1. The van der Waals surface area contributed by atoms with E-state index in [-0.39, 0.29) is 48.2 Å². The Morgan fingerprint density at radius 2 is 1.31 bits per heavy atom. The maximum absolute atomic E-state index is 13.3. The van der Waals surface area contributed by atoms with Crippen molar-refractivity contribution in [1.82, 2.24) is 13.7 Å². The summed E-state index contributed by atoms with van der Waals surface area (Å²) >= 11 is 0. The number of anilines is 4. The normalized spacial score (nSPS) is 11.9. The average molecular weight is 749 g/mol. The number of carbonyl (C=O) groups is 3. The second kappa shape index (κ2) is 18.9. The van der Waals surface area contributed by atoms with Crippen molar-refractivity contribution < 1.29 is 24.6 Å². The van der Waals surface area contributed by atoms with E-state index in [1.807, 2.05) is 18.3 Å². The highest BCUT2D eigenvalue weighted by atomic mass is 16.3. The number of aromatic hydroxyl groups is 2. The summed E-state index contributed by atoms with van der Waals surface area (Å²) in [6, 6.07) is 18.9. The zero-order chi connectivity index (χ0) is 39.3. The van der Waals surface area contributed by atoms with Gasteiger partial charge in [0.25, 0.3) is 11.8 Å². The molecule has 288 valence electrons. The Bertz CT molecular complexity index is 2160. The van der Waals surface area contributed by atoms with Crippen molar-refractivity contribution in [3.05, 3.63) is 108 Å². The lowest BCUT2D eigenvalue weighted by Crippen LogP contribution is -2.17. The van der Waals surface area contributed by atoms with Crippen molar-refractivity contribution in [3.8, 4) is 11.5 Å². The van der Waals surface area contributed by atoms with Crippen LogP contribution in [-0.4, -0.2) is 79.7 Å². The van der Waals surface area contributed by atoms with E-state index in [2.05, 4.69) is 26.3 Å². The van der Waals surface area contributed by atoms with Crippen molar-refractivity contribution in [2.45, 2.75) is 31.7 Å². The summed E-state index contributed by atoms with van der Waals surface area (Å²) < 4.78 is 5.05. The summed E-state index contributed by atoms with van der Waals surface area (Å²) in [6.45, 7) is 1.32. The number of aromatic nitrogens is 3. The number of aliphatic imine (C=N–C) groups is 2. The van der Waals surface area contributed by atoms with Crippen molar-refractivity contribution >= 4 is 53.0 Å². The predicted molar refractivity (Wildman–Crippen MR) is 217 cm³/mol. The Hall–Kier alpha value is -6.61. The molecule has 8 N–H and O–H groups in total. The van der Waals surface area contributed by atoms with Crippen LogP contribution in [0.5, 0.6) is 11.5 Å². The molecular weight excluding hydrogens is 701 g/mol. The van der Waals surface area contributed by atoms with E-state index in [4.69, 9.17) is 10.7 Å². The number of hydrogen-bond acceptors (Lipinski definition) is 9. The Morgan fingerprint density at radius 3 is 1.95 bits per heavy atom. The molecule has 0 spiro atoms. The van der Waals surface area contributed by atoms with Gasteiger partial charge < -0.3 is 50.9 Å². The largest absolute Gasteiger partial charge is 0.507 e. The Balaban J connectivity index is 1.12. The molecule has 0 aliphatic heterocycles. The number of carbonyl (C=O) groups excluding carboxylic acids is 3. The van der Waals surface area contributed by atoms with Gasteiger partial charge in [-0.1, -0.05) is 24.3 Å². The fourth-order valence-corrected chi connectivity index (χ4v) is 5.83. The van der Waals surface area contributed by atoms with Gasteiger partial charge in [-0.15, -0.1) is 0 Å². The van der Waals surface area contributed by atoms with Crippen LogP contribution in [0.4, 0.5) is 22.9 Å². The minimum Gasteiger partial charge on any atom is -0.507 e. The van der Waals surface area contributed by atoms with Crippen LogP contribution in [-0.2, 0) is 25.9 Å². The standard InChI is InChI=1S/C40H48N10O5/c1-48-24-30(43-17-9-8-12-29(44-22-28-11-5-7-14-36(28)52)23-42-21-27-10-4-6-13-35(27)51)18-33(48)39(54)45-31-19-34(49(2)25-31)40(55)46-32-20-37(50(3)26-32)47-38(53)15-16-41/h4-7,10-11,13-14,18-22,24-26,29,43,51-52H,8-9,12,15-17,23,41H2,1-3H3,(H,45,54)(H,46,55)(H,47,53). The van der Waals surface area contributed by atoms with Gasteiger partial charge in [-0.05, 0) is 55.7 Å². The van der Waals surface area contributed by atoms with Gasteiger partial charge in [-0.3, -0.25) is 24.4 Å². The maximum atomic E-state index is 13.3. The van der Waals surface area contributed by atoms with E-state index < -0.39 is 0 Å². The Labute approximate surface area is 319 Å². The number of unbranched alkanes of at least 4 members (excludes halogenated alkanes) is 1. The minimum absolute atomic E-state index is 0.134. The molecule has 15 heteroatoms. The molecule has 1 unspecified atom stereocenters. The van der Waals surface area contributed by atoms with Crippen molar-refractivity contribution in [3.63, 3.8) is 0 Å². The zero-order valence-electron chi connectivity index (χ0n) is 31.2. The number of benzene rings is 2. The highest BCUT2D eigenvalue weighted by Gasteiger charge is 2.18. The quantitative estimate of drug-likeness (QED) is 0.0477. The number of amides is 3. The first kappa shape index (κ1) is 39.6. The molecule has 0 saturated carbocycles. The van der Waals surface area contributed by atoms with Gasteiger partial charge in [-0.25, -0.2) is 0 Å². The molecule has 1 atom stereocenters. The topological polar surface area (TPSA) is 205 Å². The molecule has 3 amide bonds. The fraction of sp³-hybridized carbons (Fsp3) is 0.275. The van der Waals surface area contributed by atoms with Gasteiger partial charge in [0, 0.05) is 88.9 Å². The second-order valence-electron chi connectivity index (χ2n) is 13.1. The first-order valence-electron chi connectivity index (χ1n) is 17.9. The molecule has 0 bridgehead atoms. The third-order valence-corrected chi connectivity index (χ3v) is 8.77. The average Bonchev–Trinajstić information content (AvgIpc) is 3.82. The van der Waals surface area contributed by atoms with Crippen LogP contribution in [0.25, 0.3) is 0 Å². The third-order valence-electron chi connectivity index (χ3n) is 8.77. The van der Waals surface area contributed by atoms with E-state index >= 15 is 0 Å². The summed E-state index contributed by atoms with van der Waals surface area (Å²) in [5.74, 6) is -0.0881. The number of phenols is 2. The lowest BCUT2D eigenvalue weighted by Gasteiger charge is -2.11. The van der Waals surface area contributed by atoms with Crippen LogP contribution in [0.3, 0.4) is 0 Å². The van der Waals surface area contributed by atoms with E-state index in [1.54, 1.807) is 114 Å². The smallest absolute Gasteiger partial charge is 0.272 e. The van der Waals surface area contributed by atoms with E-state index in [0.29, 0.717) is 52.8 Å². The lowest BCUT2D eigenvalue weighted by molar-refractivity contribution is -0.116. The zero-order valence-corrected chi connectivity index (χ0v) is 31.2. The van der Waals surface area contributed by atoms with Crippen LogP contribution < -0.4 is 27.0 Å². The molecule has 0 radical (unpaired) electrons. The number of hydrogen-bond donors (Lipinski definition) is 7. The van der Waals surface area contributed by atoms with Gasteiger partial charge in [0.1, 0.15) is 28.7 Å². The Kier molecular flexibility index (Phi) is 13.6. The SMILES string of the molecule is Cn1cc(NC(=O)c2cc(NC(=O)c3cc(NCCCCC(CN=Cc4ccccc4O)N=Cc4ccccc4O)cn3C)cn2C)cc1NC(=O)CCN. The molecule has 3 aromatic heterocycles. The Morgan fingerprint density at radius 1 is 0.745 bits per heavy atom. The minimum atomic E-state index is -0.382. The van der Waals surface area contributed by atoms with Crippen LogP contribution in [0.2, 0.25) is 0 Å². The fourth-order valence-electron chi connectivity index (χ4n) is 5.83. The molecule has 5 aromatic rings. The molecule has 0 aliphatic carbocycles. The molecule has 0 aliphatic rings. The summed E-state index contributed by atoms with van der Waals surface area (Å²) in [6.07, 6.45) is 11.1. The molecule has 15 nitrogen and oxygen atoms in total. The molecular formula is C40H48N10O5. The summed E-state index contributed by atoms with van der Waals surface area (Å²) in [7, 11) is 5.26. The third kappa shape index (κ3) is 11.2. The first-order chi connectivity index (χ1) is 26.5. The number of nitrogens with two attached hydrogens (primary N) is 1. The number of nitrogens with one attached hydrogen (secondary N) is 4. The molecule has 0 fully saturated rings. The van der Waals surface area contributed by atoms with Gasteiger partial charge >= 0.3 is 0 Å². The van der Waals surface area contributed by atoms with Gasteiger partial charge in [0.15, 0.2) is 0 Å². The summed E-state index contributed by atoms with van der Waals surface area (Å²) in [5.41, 5.74) is 9.24. The monoisotopic (exact) mass is 748 g/mol. The van der Waals surface area contributed by atoms with Gasteiger partial charge in [0.2, 0.25) is 5.91 Å². The van der Waals surface area contributed by atoms with E-state index in [9.17, 15) is 24.6 Å². The molecule has 3 heterocycles. The summed E-state index contributed by atoms with van der Waals surface area (Å²) in [4.78, 5) is 47.6. The van der Waals surface area contributed by atoms with Crippen LogP contribution >= 0.6 is 0 Å². The van der Waals surface area contributed by atoms with Crippen molar-refractivity contribution in [2.75, 3.05) is 40.9 Å². The number of phenolic OH excluding ortho intramolecular Hbond substituents is 2. The summed E-state index contributed by atoms with van der Waals surface area (Å²) in [5, 5.41) is 32.1. The van der Waals surface area contributed by atoms with Gasteiger partial charge in [0.05, 0.1) is 29.6 Å². The molecule has 55 heavy (non-hydrogen) atoms. The van der Waals surface area contributed by atoms with E-state index in [0.717, 1.165) is 24.9 Å². The van der Waals surface area contributed by atoms with Crippen LogP contribution in [0.15, 0.2) is 95.3 Å². The predicted octanol–water partition coefficient (Wildman–Crippen LogP) is 5.09. The van der Waals surface area contributed by atoms with Crippen molar-refractivity contribution in [2.24, 2.45) is 36.9 Å². The highest BCUT2D eigenvalue weighted by molar-refractivity contribution is 6.07. The van der Waals surface area contributed by atoms with E-state index in [1.165, 1.54) is 0 Å². The first-order valence-corrected chi connectivity index (χ1v) is 17.9. The number of para-hydroxylation sites is 2. The van der Waals surface area contributed by atoms with Crippen LogP contribution in [0, 0.1) is 0 Å². The number of nitrogens with zero attached hydrogens (tertiary/aromatic N) is 5. The molecule has 0 saturated heterocycles. The number of aryl methyl sites for hydroxylation is 3. The lowest BCUT2D eigenvalue weighted by atomic mass is 10.1. The van der Waals surface area contributed by atoms with Gasteiger partial charge in [-0.2, -0.15) is 0 Å². The van der Waals surface area contributed by atoms with Crippen molar-refractivity contribution in [1.29, 1.82) is 0 Å². The van der Waals surface area contributed by atoms with Crippen LogP contribution in [0.1, 0.15) is 57.8 Å². The highest BCUT2D eigenvalue weighted by Crippen LogP contribution is 2.22. The molecule has 5 rings (SSSR count). The molecule has 2 aromatic carbocycles. The maximum Gasteiger partial charge on any atom is 0.272 e. The number of rotatable bonds is 18.